The highest BCUT2D eigenvalue weighted by Crippen LogP contribution is 2.31. The smallest absolute Gasteiger partial charge is 0.191 e. The predicted octanol–water partition coefficient (Wildman–Crippen LogP) is 5.13. The van der Waals surface area contributed by atoms with Gasteiger partial charge in [-0.3, -0.25) is 9.55 Å². The van der Waals surface area contributed by atoms with Gasteiger partial charge in [0.15, 0.2) is 11.0 Å². The monoisotopic (exact) mass is 468 g/mol. The Balaban J connectivity index is 1.47. The lowest BCUT2D eigenvalue weighted by Crippen LogP contribution is -2.07. The summed E-state index contributed by atoms with van der Waals surface area (Å²) in [5.74, 6) is 1.52. The number of para-hydroxylation sites is 1. The Morgan fingerprint density at radius 3 is 2.32 bits per heavy atom. The van der Waals surface area contributed by atoms with E-state index in [0.29, 0.717) is 18.9 Å². The van der Waals surface area contributed by atoms with E-state index in [9.17, 15) is 0 Å². The van der Waals surface area contributed by atoms with Crippen LogP contribution in [0.1, 0.15) is 5.56 Å². The van der Waals surface area contributed by atoms with Crippen molar-refractivity contribution in [3.63, 3.8) is 0 Å². The van der Waals surface area contributed by atoms with Gasteiger partial charge >= 0.3 is 0 Å². The zero-order chi connectivity index (χ0) is 23.2. The molecule has 0 amide bonds. The van der Waals surface area contributed by atoms with Crippen LogP contribution >= 0.6 is 11.8 Å². The number of hydrogen-bond acceptors (Lipinski definition) is 6. The van der Waals surface area contributed by atoms with Gasteiger partial charge in [0.05, 0.1) is 24.5 Å². The molecule has 7 nitrogen and oxygen atoms in total. The molecular formula is C26H24N6OS. The highest BCUT2D eigenvalue weighted by molar-refractivity contribution is 7.98. The van der Waals surface area contributed by atoms with Crippen molar-refractivity contribution < 1.29 is 4.74 Å². The van der Waals surface area contributed by atoms with Gasteiger partial charge in [-0.2, -0.15) is 5.10 Å². The van der Waals surface area contributed by atoms with Crippen LogP contribution in [0.3, 0.4) is 0 Å². The van der Waals surface area contributed by atoms with Crippen LogP contribution < -0.4 is 0 Å². The Kier molecular flexibility index (Phi) is 6.78. The van der Waals surface area contributed by atoms with E-state index in [4.69, 9.17) is 9.84 Å². The molecule has 3 heterocycles. The number of thioether (sulfide) groups is 1. The molecule has 0 bridgehead atoms. The van der Waals surface area contributed by atoms with E-state index in [1.165, 1.54) is 0 Å². The lowest BCUT2D eigenvalue weighted by Gasteiger charge is -2.09. The molecule has 0 saturated carbocycles. The van der Waals surface area contributed by atoms with E-state index in [1.54, 1.807) is 31.3 Å². The number of hydrogen-bond donors (Lipinski definition) is 0. The molecule has 0 N–H and O–H groups in total. The molecule has 2 aromatic carbocycles. The Hall–Kier alpha value is -3.75. The number of rotatable bonds is 9. The minimum atomic E-state index is 0.574. The van der Waals surface area contributed by atoms with Gasteiger partial charge in [-0.15, -0.1) is 10.2 Å². The second-order valence-corrected chi connectivity index (χ2v) is 8.57. The highest BCUT2D eigenvalue weighted by Gasteiger charge is 2.17. The zero-order valence-electron chi connectivity index (χ0n) is 18.8. The van der Waals surface area contributed by atoms with Crippen molar-refractivity contribution in [2.45, 2.75) is 17.5 Å². The first-order chi connectivity index (χ1) is 16.8. The Labute approximate surface area is 202 Å². The summed E-state index contributed by atoms with van der Waals surface area (Å²) in [6.07, 6.45) is 5.63. The maximum Gasteiger partial charge on any atom is 0.191 e. The van der Waals surface area contributed by atoms with Gasteiger partial charge in [0.25, 0.3) is 0 Å². The van der Waals surface area contributed by atoms with E-state index in [0.717, 1.165) is 39.1 Å². The lowest BCUT2D eigenvalue weighted by atomic mass is 10.1. The first-order valence-corrected chi connectivity index (χ1v) is 12.0. The number of ether oxygens (including phenoxy) is 1. The largest absolute Gasteiger partial charge is 0.383 e. The molecule has 0 aliphatic carbocycles. The average molecular weight is 469 g/mol. The standard InChI is InChI=1S/C26H24N6OS/c1-33-17-16-31-25(21-12-14-27-15-13-21)28-29-26(31)34-19-22-18-32(23-10-6-3-7-11-23)30-24(22)20-8-4-2-5-9-20/h2-15,18H,16-17,19H2,1H3. The molecule has 3 aromatic heterocycles. The van der Waals surface area contributed by atoms with E-state index >= 15 is 0 Å². The molecule has 170 valence electrons. The third kappa shape index (κ3) is 4.78. The van der Waals surface area contributed by atoms with Gasteiger partial charge in [-0.25, -0.2) is 4.68 Å². The zero-order valence-corrected chi connectivity index (χ0v) is 19.6. The van der Waals surface area contributed by atoms with Crippen molar-refractivity contribution in [1.29, 1.82) is 0 Å². The minimum absolute atomic E-state index is 0.574. The summed E-state index contributed by atoms with van der Waals surface area (Å²) < 4.78 is 9.39. The molecule has 34 heavy (non-hydrogen) atoms. The van der Waals surface area contributed by atoms with Gasteiger partial charge in [0.2, 0.25) is 0 Å². The predicted molar refractivity (Wildman–Crippen MR) is 134 cm³/mol. The van der Waals surface area contributed by atoms with Gasteiger partial charge in [0.1, 0.15) is 0 Å². The number of nitrogens with zero attached hydrogens (tertiary/aromatic N) is 6. The normalized spacial score (nSPS) is 11.1. The fourth-order valence-electron chi connectivity index (χ4n) is 3.70. The van der Waals surface area contributed by atoms with Crippen molar-refractivity contribution in [3.05, 3.63) is 97.0 Å². The fourth-order valence-corrected chi connectivity index (χ4v) is 4.63. The summed E-state index contributed by atoms with van der Waals surface area (Å²) in [4.78, 5) is 4.11. The Morgan fingerprint density at radius 1 is 0.853 bits per heavy atom. The second kappa shape index (κ2) is 10.5. The third-order valence-electron chi connectivity index (χ3n) is 5.39. The van der Waals surface area contributed by atoms with Crippen LogP contribution in [0.2, 0.25) is 0 Å². The molecule has 0 fully saturated rings. The van der Waals surface area contributed by atoms with E-state index < -0.39 is 0 Å². The topological polar surface area (TPSA) is 70.7 Å². The fraction of sp³-hybridized carbons (Fsp3) is 0.154. The van der Waals surface area contributed by atoms with E-state index in [-0.39, 0.29) is 0 Å². The molecular weight excluding hydrogens is 444 g/mol. The summed E-state index contributed by atoms with van der Waals surface area (Å²) in [6.45, 7) is 1.24. The summed E-state index contributed by atoms with van der Waals surface area (Å²) in [5.41, 5.74) is 5.19. The van der Waals surface area contributed by atoms with Crippen LogP contribution in [0.4, 0.5) is 0 Å². The molecule has 0 unspecified atom stereocenters. The van der Waals surface area contributed by atoms with Gasteiger partial charge in [-0.05, 0) is 24.3 Å². The highest BCUT2D eigenvalue weighted by atomic mass is 32.2. The van der Waals surface area contributed by atoms with Crippen molar-refractivity contribution in [2.24, 2.45) is 0 Å². The summed E-state index contributed by atoms with van der Waals surface area (Å²) >= 11 is 1.65. The molecule has 0 spiro atoms. The Morgan fingerprint density at radius 2 is 1.59 bits per heavy atom. The van der Waals surface area contributed by atoms with Crippen LogP contribution in [0.25, 0.3) is 28.3 Å². The van der Waals surface area contributed by atoms with Crippen LogP contribution in [0, 0.1) is 0 Å². The van der Waals surface area contributed by atoms with Crippen LogP contribution in [0.15, 0.2) is 96.5 Å². The van der Waals surface area contributed by atoms with Gasteiger partial charge in [0, 0.05) is 48.1 Å². The van der Waals surface area contributed by atoms with Crippen LogP contribution in [-0.2, 0) is 17.0 Å². The van der Waals surface area contributed by atoms with Gasteiger partial charge in [-0.1, -0.05) is 60.3 Å². The number of aromatic nitrogens is 6. The van der Waals surface area contributed by atoms with Crippen LogP contribution in [0.5, 0.6) is 0 Å². The molecule has 0 aliphatic heterocycles. The molecule has 5 aromatic rings. The molecule has 0 aliphatic rings. The Bertz CT molecular complexity index is 1340. The van der Waals surface area contributed by atoms with Crippen molar-refractivity contribution in [2.75, 3.05) is 13.7 Å². The maximum atomic E-state index is 5.34. The van der Waals surface area contributed by atoms with Crippen molar-refractivity contribution in [3.8, 4) is 28.3 Å². The number of pyridine rings is 1. The molecule has 0 saturated heterocycles. The minimum Gasteiger partial charge on any atom is -0.383 e. The first-order valence-electron chi connectivity index (χ1n) is 11.0. The maximum absolute atomic E-state index is 5.34. The molecule has 5 rings (SSSR count). The third-order valence-corrected chi connectivity index (χ3v) is 6.40. The average Bonchev–Trinajstić information content (AvgIpc) is 3.52. The summed E-state index contributed by atoms with van der Waals surface area (Å²) in [5, 5.41) is 14.7. The summed E-state index contributed by atoms with van der Waals surface area (Å²) in [6, 6.07) is 24.3. The van der Waals surface area contributed by atoms with Crippen molar-refractivity contribution >= 4 is 11.8 Å². The first kappa shape index (κ1) is 22.1. The van der Waals surface area contributed by atoms with E-state index in [2.05, 4.69) is 50.2 Å². The summed E-state index contributed by atoms with van der Waals surface area (Å²) in [7, 11) is 1.70. The SMILES string of the molecule is COCCn1c(SCc2cn(-c3ccccc3)nc2-c2ccccc2)nnc1-c1ccncc1. The second-order valence-electron chi connectivity index (χ2n) is 7.62. The van der Waals surface area contributed by atoms with Crippen LogP contribution in [-0.4, -0.2) is 43.2 Å². The molecule has 0 atom stereocenters. The number of benzene rings is 2. The molecule has 8 heteroatoms. The number of methoxy groups -OCH3 is 1. The molecule has 0 radical (unpaired) electrons. The lowest BCUT2D eigenvalue weighted by molar-refractivity contribution is 0.185. The van der Waals surface area contributed by atoms with E-state index in [1.807, 2.05) is 53.2 Å². The van der Waals surface area contributed by atoms with Crippen molar-refractivity contribution in [1.82, 2.24) is 29.5 Å². The quantitative estimate of drug-likeness (QED) is 0.279. The van der Waals surface area contributed by atoms with Gasteiger partial charge < -0.3 is 4.74 Å².